The number of piperidine rings is 1. The fourth-order valence-electron chi connectivity index (χ4n) is 3.63. The molecule has 1 aromatic heterocycles. The highest BCUT2D eigenvalue weighted by Gasteiger charge is 2.35. The van der Waals surface area contributed by atoms with Gasteiger partial charge in [0.2, 0.25) is 0 Å². The van der Waals surface area contributed by atoms with Gasteiger partial charge in [-0.2, -0.15) is 5.10 Å². The second-order valence-corrected chi connectivity index (χ2v) is 6.76. The number of benzene rings is 1. The van der Waals surface area contributed by atoms with Gasteiger partial charge in [-0.3, -0.25) is 9.58 Å². The molecule has 1 N–H and O–H groups in total. The number of hydrogen-bond acceptors (Lipinski definition) is 3. The maximum atomic E-state index is 14.0. The fraction of sp³-hybridized carbons (Fsp3) is 0.500. The maximum Gasteiger partial charge on any atom is 0.126 e. The highest BCUT2D eigenvalue weighted by Crippen LogP contribution is 2.34. The van der Waals surface area contributed by atoms with Crippen LogP contribution in [0, 0.1) is 11.2 Å². The van der Waals surface area contributed by atoms with E-state index in [0.717, 1.165) is 32.5 Å². The van der Waals surface area contributed by atoms with Crippen LogP contribution in [0.1, 0.15) is 24.0 Å². The first-order valence-corrected chi connectivity index (χ1v) is 8.14. The van der Waals surface area contributed by atoms with Crippen LogP contribution in [0.15, 0.2) is 36.7 Å². The molecular weight excluding hydrogens is 293 g/mol. The summed E-state index contributed by atoms with van der Waals surface area (Å²) in [5.41, 5.74) is 1.61. The van der Waals surface area contributed by atoms with Crippen molar-refractivity contribution < 1.29 is 9.50 Å². The van der Waals surface area contributed by atoms with Crippen molar-refractivity contribution in [1.82, 2.24) is 14.7 Å². The summed E-state index contributed by atoms with van der Waals surface area (Å²) in [4.78, 5) is 2.34. The van der Waals surface area contributed by atoms with Gasteiger partial charge < -0.3 is 5.11 Å². The first-order valence-electron chi connectivity index (χ1n) is 8.14. The van der Waals surface area contributed by atoms with E-state index in [4.69, 9.17) is 0 Å². The zero-order valence-corrected chi connectivity index (χ0v) is 13.6. The summed E-state index contributed by atoms with van der Waals surface area (Å²) in [5, 5.41) is 14.2. The van der Waals surface area contributed by atoms with Gasteiger partial charge in [-0.15, -0.1) is 0 Å². The van der Waals surface area contributed by atoms with Gasteiger partial charge in [0, 0.05) is 37.3 Å². The minimum Gasteiger partial charge on any atom is -0.396 e. The van der Waals surface area contributed by atoms with E-state index in [2.05, 4.69) is 10.00 Å². The van der Waals surface area contributed by atoms with Crippen LogP contribution in [0.4, 0.5) is 4.39 Å². The molecule has 1 aliphatic heterocycles. The van der Waals surface area contributed by atoms with E-state index in [1.807, 2.05) is 31.6 Å². The lowest BCUT2D eigenvalue weighted by Gasteiger charge is -2.42. The summed E-state index contributed by atoms with van der Waals surface area (Å²) < 4.78 is 15.8. The molecule has 3 rings (SSSR count). The third kappa shape index (κ3) is 3.79. The van der Waals surface area contributed by atoms with Gasteiger partial charge in [0.1, 0.15) is 5.82 Å². The van der Waals surface area contributed by atoms with Gasteiger partial charge in [0.15, 0.2) is 0 Å². The molecule has 0 spiro atoms. The molecule has 0 aliphatic carbocycles. The normalized spacial score (nSPS) is 22.4. The van der Waals surface area contributed by atoms with Crippen molar-refractivity contribution in [2.45, 2.75) is 25.8 Å². The van der Waals surface area contributed by atoms with Crippen molar-refractivity contribution >= 4 is 0 Å². The Hall–Kier alpha value is -1.72. The third-order valence-corrected chi connectivity index (χ3v) is 4.76. The number of aliphatic hydroxyl groups is 1. The lowest BCUT2D eigenvalue weighted by molar-refractivity contribution is 0.0283. The topological polar surface area (TPSA) is 41.3 Å². The predicted molar refractivity (Wildman–Crippen MR) is 87.3 cm³/mol. The molecule has 1 aliphatic rings. The minimum absolute atomic E-state index is 0.0882. The number of nitrogens with zero attached hydrogens (tertiary/aromatic N) is 3. The second kappa shape index (κ2) is 6.81. The monoisotopic (exact) mass is 317 g/mol. The number of hydrogen-bond donors (Lipinski definition) is 1. The Bertz CT molecular complexity index is 657. The van der Waals surface area contributed by atoms with E-state index in [1.54, 1.807) is 10.7 Å². The van der Waals surface area contributed by atoms with Crippen molar-refractivity contribution in [3.05, 3.63) is 53.6 Å². The Morgan fingerprint density at radius 2 is 2.17 bits per heavy atom. The first-order chi connectivity index (χ1) is 11.1. The molecule has 0 saturated carbocycles. The van der Waals surface area contributed by atoms with Crippen LogP contribution in [-0.2, 0) is 20.0 Å². The van der Waals surface area contributed by atoms with Gasteiger partial charge in [0.25, 0.3) is 0 Å². The molecule has 0 bridgehead atoms. The predicted octanol–water partition coefficient (Wildman–Crippen LogP) is 2.38. The van der Waals surface area contributed by atoms with Gasteiger partial charge in [0.05, 0.1) is 12.8 Å². The molecule has 0 radical (unpaired) electrons. The molecule has 1 unspecified atom stereocenters. The Morgan fingerprint density at radius 1 is 1.35 bits per heavy atom. The smallest absolute Gasteiger partial charge is 0.126 e. The molecule has 23 heavy (non-hydrogen) atoms. The Morgan fingerprint density at radius 3 is 2.87 bits per heavy atom. The highest BCUT2D eigenvalue weighted by molar-refractivity contribution is 5.19. The molecule has 1 aromatic carbocycles. The Kier molecular flexibility index (Phi) is 4.78. The summed E-state index contributed by atoms with van der Waals surface area (Å²) in [6.45, 7) is 2.71. The molecule has 4 nitrogen and oxygen atoms in total. The van der Waals surface area contributed by atoms with Gasteiger partial charge >= 0.3 is 0 Å². The maximum absolute atomic E-state index is 14.0. The summed E-state index contributed by atoms with van der Waals surface area (Å²) in [7, 11) is 1.91. The SMILES string of the molecule is Cn1cc(CN2CCCC(CO)(Cc3ccccc3F)C2)cn1. The van der Waals surface area contributed by atoms with Crippen molar-refractivity contribution in [1.29, 1.82) is 0 Å². The lowest BCUT2D eigenvalue weighted by Crippen LogP contribution is -2.46. The summed E-state index contributed by atoms with van der Waals surface area (Å²) >= 11 is 0. The third-order valence-electron chi connectivity index (χ3n) is 4.76. The van der Waals surface area contributed by atoms with Crippen LogP contribution < -0.4 is 0 Å². The second-order valence-electron chi connectivity index (χ2n) is 6.76. The van der Waals surface area contributed by atoms with Crippen LogP contribution in [0.2, 0.25) is 0 Å². The van der Waals surface area contributed by atoms with E-state index in [9.17, 15) is 9.50 Å². The lowest BCUT2D eigenvalue weighted by atomic mass is 9.75. The molecule has 1 saturated heterocycles. The number of aliphatic hydroxyl groups excluding tert-OH is 1. The molecule has 5 heteroatoms. The minimum atomic E-state index is -0.261. The van der Waals surface area contributed by atoms with Crippen LogP contribution in [0.3, 0.4) is 0 Å². The molecule has 1 fully saturated rings. The molecule has 2 aromatic rings. The zero-order valence-electron chi connectivity index (χ0n) is 13.6. The molecule has 124 valence electrons. The van der Waals surface area contributed by atoms with Crippen molar-refractivity contribution in [2.75, 3.05) is 19.7 Å². The quantitative estimate of drug-likeness (QED) is 0.920. The summed E-state index contributed by atoms with van der Waals surface area (Å²) in [6.07, 6.45) is 6.44. The number of aryl methyl sites for hydroxylation is 1. The van der Waals surface area contributed by atoms with Crippen molar-refractivity contribution in [3.8, 4) is 0 Å². The van der Waals surface area contributed by atoms with Crippen molar-refractivity contribution in [2.24, 2.45) is 12.5 Å². The molecule has 1 atom stereocenters. The molecular formula is C18H24FN3O. The number of rotatable bonds is 5. The van der Waals surface area contributed by atoms with E-state index < -0.39 is 0 Å². The van der Waals surface area contributed by atoms with Crippen LogP contribution in [0.25, 0.3) is 0 Å². The number of likely N-dealkylation sites (tertiary alicyclic amines) is 1. The van der Waals surface area contributed by atoms with Crippen molar-refractivity contribution in [3.63, 3.8) is 0 Å². The van der Waals surface area contributed by atoms with E-state index in [1.165, 1.54) is 11.6 Å². The zero-order chi connectivity index (χ0) is 16.3. The van der Waals surface area contributed by atoms with Crippen LogP contribution in [-0.4, -0.2) is 39.5 Å². The average molecular weight is 317 g/mol. The van der Waals surface area contributed by atoms with Gasteiger partial charge in [-0.25, -0.2) is 4.39 Å². The number of aromatic nitrogens is 2. The largest absolute Gasteiger partial charge is 0.396 e. The van der Waals surface area contributed by atoms with E-state index in [0.29, 0.717) is 12.0 Å². The van der Waals surface area contributed by atoms with E-state index in [-0.39, 0.29) is 17.8 Å². The van der Waals surface area contributed by atoms with Gasteiger partial charge in [-0.1, -0.05) is 18.2 Å². The van der Waals surface area contributed by atoms with Gasteiger partial charge in [-0.05, 0) is 37.4 Å². The Balaban J connectivity index is 1.72. The fourth-order valence-corrected chi connectivity index (χ4v) is 3.63. The number of halogens is 1. The van der Waals surface area contributed by atoms with E-state index >= 15 is 0 Å². The highest BCUT2D eigenvalue weighted by atomic mass is 19.1. The molecule has 2 heterocycles. The summed E-state index contributed by atoms with van der Waals surface area (Å²) in [6, 6.07) is 6.89. The average Bonchev–Trinajstić information content (AvgIpc) is 2.95. The summed E-state index contributed by atoms with van der Waals surface area (Å²) in [5.74, 6) is -0.176. The standard InChI is InChI=1S/C18H24FN3O/c1-21-11-15(10-20-21)12-22-8-4-7-18(13-22,14-23)9-16-5-2-3-6-17(16)19/h2-3,5-6,10-11,23H,4,7-9,12-14H2,1H3. The van der Waals surface area contributed by atoms with Crippen LogP contribution >= 0.6 is 0 Å². The first kappa shape index (κ1) is 16.1. The Labute approximate surface area is 136 Å². The molecule has 0 amide bonds. The van der Waals surface area contributed by atoms with Crippen LogP contribution in [0.5, 0.6) is 0 Å².